The van der Waals surface area contributed by atoms with Crippen LogP contribution < -0.4 is 5.32 Å². The van der Waals surface area contributed by atoms with E-state index < -0.39 is 12.0 Å². The number of carbonyl (C=O) groups is 2. The molecule has 7 nitrogen and oxygen atoms in total. The molecule has 1 unspecified atom stereocenters. The van der Waals surface area contributed by atoms with Crippen molar-refractivity contribution in [2.45, 2.75) is 18.4 Å². The Kier molecular flexibility index (Phi) is 10.3. The molecular weight excluding hydrogens is 480 g/mol. The number of rotatable bonds is 9. The summed E-state index contributed by atoms with van der Waals surface area (Å²) in [6, 6.07) is 25.3. The summed E-state index contributed by atoms with van der Waals surface area (Å²) in [5, 5.41) is 20.6. The molecule has 7 heteroatoms. The molecule has 0 heterocycles. The van der Waals surface area contributed by atoms with E-state index in [0.717, 1.165) is 5.57 Å². The number of nitrogens with one attached hydrogen (secondary N) is 1. The van der Waals surface area contributed by atoms with Crippen LogP contribution >= 0.6 is 0 Å². The van der Waals surface area contributed by atoms with Gasteiger partial charge in [-0.15, -0.1) is 0 Å². The van der Waals surface area contributed by atoms with Crippen LogP contribution in [0.2, 0.25) is 0 Å². The molecule has 4 rings (SSSR count). The number of Topliss-reactive ketones (excluding diaryl/α,β-unsaturated/α-hetero) is 1. The highest BCUT2D eigenvalue weighted by molar-refractivity contribution is 6.12. The van der Waals surface area contributed by atoms with Gasteiger partial charge in [0.15, 0.2) is 17.9 Å². The predicted octanol–water partition coefficient (Wildman–Crippen LogP) is 4.30. The van der Waals surface area contributed by atoms with Crippen molar-refractivity contribution < 1.29 is 24.5 Å². The molecule has 3 aromatic carbocycles. The number of benzene rings is 3. The first-order chi connectivity index (χ1) is 18.3. The number of anilines is 1. The summed E-state index contributed by atoms with van der Waals surface area (Å²) in [6.07, 6.45) is 4.95. The first-order valence-corrected chi connectivity index (χ1v) is 12.3. The van der Waals surface area contributed by atoms with Gasteiger partial charge in [0, 0.05) is 41.5 Å². The second-order valence-corrected chi connectivity index (χ2v) is 8.94. The fraction of sp³-hybridized carbons (Fsp3) is 0.226. The van der Waals surface area contributed by atoms with Crippen molar-refractivity contribution in [3.05, 3.63) is 125 Å². The molecule has 1 aliphatic carbocycles. The molecule has 1 aliphatic rings. The van der Waals surface area contributed by atoms with Crippen molar-refractivity contribution in [2.75, 3.05) is 33.1 Å². The molecule has 0 aromatic heterocycles. The Labute approximate surface area is 223 Å². The Morgan fingerprint density at radius 1 is 0.895 bits per heavy atom. The summed E-state index contributed by atoms with van der Waals surface area (Å²) >= 11 is 0. The molecule has 0 radical (unpaired) electrons. The molecule has 3 N–H and O–H groups in total. The minimum Gasteiger partial charge on any atom is -0.379 e. The van der Waals surface area contributed by atoms with Gasteiger partial charge >= 0.3 is 0 Å². The molecule has 1 atom stereocenters. The third-order valence-electron chi connectivity index (χ3n) is 6.23. The highest BCUT2D eigenvalue weighted by Crippen LogP contribution is 2.27. The smallest absolute Gasteiger partial charge is 0.195 e. The van der Waals surface area contributed by atoms with Crippen LogP contribution in [-0.4, -0.2) is 66.4 Å². The number of allylic oxidation sites excluding steroid dienone is 2. The van der Waals surface area contributed by atoms with Crippen LogP contribution in [0.25, 0.3) is 0 Å². The van der Waals surface area contributed by atoms with Gasteiger partial charge in [0.2, 0.25) is 0 Å². The van der Waals surface area contributed by atoms with E-state index in [1.54, 1.807) is 55.6 Å². The van der Waals surface area contributed by atoms with Gasteiger partial charge in [-0.3, -0.25) is 14.5 Å². The number of aliphatic hydroxyl groups excluding tert-OH is 1. The van der Waals surface area contributed by atoms with Crippen LogP contribution in [0.1, 0.15) is 32.7 Å². The second kappa shape index (κ2) is 13.6. The molecule has 0 saturated heterocycles. The predicted molar refractivity (Wildman–Crippen MR) is 149 cm³/mol. The molecule has 0 spiro atoms. The van der Waals surface area contributed by atoms with Gasteiger partial charge in [0.05, 0.1) is 6.54 Å². The van der Waals surface area contributed by atoms with Crippen molar-refractivity contribution >= 4 is 17.3 Å². The topological polar surface area (TPSA) is 99.1 Å². The van der Waals surface area contributed by atoms with Crippen LogP contribution in [0.15, 0.2) is 109 Å². The van der Waals surface area contributed by atoms with Crippen LogP contribution in [-0.2, 0) is 4.74 Å². The zero-order valence-electron chi connectivity index (χ0n) is 21.9. The highest BCUT2D eigenvalue weighted by Gasteiger charge is 2.31. The number of aliphatic hydroxyl groups is 2. The van der Waals surface area contributed by atoms with Crippen molar-refractivity contribution in [3.8, 4) is 0 Å². The summed E-state index contributed by atoms with van der Waals surface area (Å²) in [6.45, 7) is -0.0287. The lowest BCUT2D eigenvalue weighted by atomic mass is 9.93. The molecule has 0 fully saturated rings. The standard InChI is InChI=1S/C16H19NO2.C15H15NO3/c1-17(2)16(19-3)11-9-14(10-12-16)15(18)13-7-5-4-6-8-13;17-14(18)10-16-13-9-5-4-8-12(13)15(19)11-6-2-1-3-7-11/h4-11H,12H2,1-3H3;1-9,14,16-18H,10H2. The molecule has 0 amide bonds. The van der Waals surface area contributed by atoms with Gasteiger partial charge in [-0.05, 0) is 32.3 Å². The number of nitrogens with zero attached hydrogens (tertiary/aromatic N) is 1. The lowest BCUT2D eigenvalue weighted by Gasteiger charge is -2.36. The first-order valence-electron chi connectivity index (χ1n) is 12.3. The van der Waals surface area contributed by atoms with Crippen molar-refractivity contribution in [3.63, 3.8) is 0 Å². The highest BCUT2D eigenvalue weighted by atomic mass is 16.5. The number of methoxy groups -OCH3 is 1. The Balaban J connectivity index is 0.000000211. The lowest BCUT2D eigenvalue weighted by Crippen LogP contribution is -2.44. The Morgan fingerprint density at radius 3 is 1.95 bits per heavy atom. The summed E-state index contributed by atoms with van der Waals surface area (Å²) in [5.74, 6) is -0.0450. The van der Waals surface area contributed by atoms with E-state index in [-0.39, 0.29) is 18.1 Å². The largest absolute Gasteiger partial charge is 0.379 e. The Hall–Kier alpha value is -3.88. The second-order valence-electron chi connectivity index (χ2n) is 8.94. The van der Waals surface area contributed by atoms with Gasteiger partial charge in [0.1, 0.15) is 5.72 Å². The monoisotopic (exact) mass is 514 g/mol. The number of hydrogen-bond donors (Lipinski definition) is 3. The maximum atomic E-state index is 12.3. The van der Waals surface area contributed by atoms with Gasteiger partial charge in [-0.1, -0.05) is 84.9 Å². The SMILES string of the molecule is COC1(N(C)C)C=CC(C(=O)c2ccccc2)=CC1.O=C(c1ccccc1)c1ccccc1NCC(O)O. The third kappa shape index (κ3) is 7.34. The molecule has 0 saturated carbocycles. The molecule has 3 aromatic rings. The molecule has 198 valence electrons. The number of ether oxygens (including phenoxy) is 1. The van der Waals surface area contributed by atoms with Gasteiger partial charge in [-0.25, -0.2) is 0 Å². The molecule has 0 bridgehead atoms. The van der Waals surface area contributed by atoms with Crippen LogP contribution in [0.3, 0.4) is 0 Å². The zero-order chi connectivity index (χ0) is 27.5. The van der Waals surface area contributed by atoms with E-state index in [9.17, 15) is 9.59 Å². The minimum absolute atomic E-state index is 0.0287. The first kappa shape index (κ1) is 28.7. The fourth-order valence-corrected chi connectivity index (χ4v) is 3.98. The van der Waals surface area contributed by atoms with Gasteiger partial charge in [0.25, 0.3) is 0 Å². The van der Waals surface area contributed by atoms with E-state index in [1.165, 1.54) is 0 Å². The normalized spacial score (nSPS) is 16.4. The molecule has 0 aliphatic heterocycles. The average molecular weight is 515 g/mol. The Morgan fingerprint density at radius 2 is 1.45 bits per heavy atom. The minimum atomic E-state index is -1.46. The van der Waals surface area contributed by atoms with Crippen molar-refractivity contribution in [2.24, 2.45) is 0 Å². The van der Waals surface area contributed by atoms with E-state index in [0.29, 0.717) is 28.8 Å². The molecule has 38 heavy (non-hydrogen) atoms. The summed E-state index contributed by atoms with van der Waals surface area (Å²) in [7, 11) is 5.61. The number of hydrogen-bond acceptors (Lipinski definition) is 7. The summed E-state index contributed by atoms with van der Waals surface area (Å²) < 4.78 is 5.56. The summed E-state index contributed by atoms with van der Waals surface area (Å²) in [5.41, 5.74) is 2.69. The lowest BCUT2D eigenvalue weighted by molar-refractivity contribution is -0.0726. The van der Waals surface area contributed by atoms with E-state index in [2.05, 4.69) is 5.32 Å². The number of carbonyl (C=O) groups excluding carboxylic acids is 2. The number of ketones is 2. The quantitative estimate of drug-likeness (QED) is 0.289. The van der Waals surface area contributed by atoms with E-state index in [1.807, 2.05) is 73.6 Å². The van der Waals surface area contributed by atoms with E-state index >= 15 is 0 Å². The third-order valence-corrected chi connectivity index (χ3v) is 6.23. The van der Waals surface area contributed by atoms with E-state index in [4.69, 9.17) is 14.9 Å². The van der Waals surface area contributed by atoms with Crippen LogP contribution in [0.5, 0.6) is 0 Å². The average Bonchev–Trinajstić information content (AvgIpc) is 2.96. The Bertz CT molecular complexity index is 1270. The molecular formula is C31H34N2O5. The maximum absolute atomic E-state index is 12.3. The number of para-hydroxylation sites is 1. The van der Waals surface area contributed by atoms with Crippen molar-refractivity contribution in [1.29, 1.82) is 0 Å². The fourth-order valence-electron chi connectivity index (χ4n) is 3.98. The van der Waals surface area contributed by atoms with Crippen LogP contribution in [0.4, 0.5) is 5.69 Å². The van der Waals surface area contributed by atoms with Gasteiger partial charge < -0.3 is 20.3 Å². The van der Waals surface area contributed by atoms with Crippen LogP contribution in [0, 0.1) is 0 Å². The van der Waals surface area contributed by atoms with Crippen molar-refractivity contribution in [1.82, 2.24) is 4.90 Å². The zero-order valence-corrected chi connectivity index (χ0v) is 21.9. The van der Waals surface area contributed by atoms with Gasteiger partial charge in [-0.2, -0.15) is 0 Å². The maximum Gasteiger partial charge on any atom is 0.195 e. The summed E-state index contributed by atoms with van der Waals surface area (Å²) in [4.78, 5) is 26.6. The number of likely N-dealkylation sites (N-methyl/N-ethyl adjacent to an activating group) is 1.